The second-order valence-corrected chi connectivity index (χ2v) is 3.36. The largest absolute Gasteiger partial charge is 0.494 e. The molecule has 1 aromatic rings. The minimum Gasteiger partial charge on any atom is -0.494 e. The van der Waals surface area contributed by atoms with Crippen molar-refractivity contribution in [2.45, 2.75) is 26.7 Å². The van der Waals surface area contributed by atoms with Gasteiger partial charge in [0.2, 0.25) is 0 Å². The van der Waals surface area contributed by atoms with Gasteiger partial charge in [0.25, 0.3) is 0 Å². The molecule has 0 fully saturated rings. The molecule has 1 aromatic carbocycles. The van der Waals surface area contributed by atoms with Gasteiger partial charge in [-0.05, 0) is 31.5 Å². The third kappa shape index (κ3) is 2.98. The maximum absolute atomic E-state index is 11.7. The highest BCUT2D eigenvalue weighted by Crippen LogP contribution is 2.21. The highest BCUT2D eigenvalue weighted by Gasteiger charge is 2.09. The van der Waals surface area contributed by atoms with Gasteiger partial charge in [0.15, 0.2) is 5.78 Å². The van der Waals surface area contributed by atoms with E-state index in [1.807, 2.05) is 13.8 Å². The molecular weight excluding hydrogens is 190 g/mol. The standard InChI is InChI=1S/C12H17NO2/c1-3-5-12(14)10-8-9(15-4-2)6-7-11(10)13/h6-8H,3-5,13H2,1-2H3. The lowest BCUT2D eigenvalue weighted by atomic mass is 10.0. The maximum atomic E-state index is 11.7. The number of anilines is 1. The predicted molar refractivity (Wildman–Crippen MR) is 61.3 cm³/mol. The first-order chi connectivity index (χ1) is 7.19. The number of Topliss-reactive ketones (excluding diaryl/α,β-unsaturated/α-hetero) is 1. The Kier molecular flexibility index (Phi) is 4.16. The minimum atomic E-state index is 0.0801. The predicted octanol–water partition coefficient (Wildman–Crippen LogP) is 2.65. The Morgan fingerprint density at radius 3 is 2.73 bits per heavy atom. The number of carbonyl (C=O) groups is 1. The molecule has 0 saturated heterocycles. The zero-order valence-corrected chi connectivity index (χ0v) is 9.25. The lowest BCUT2D eigenvalue weighted by Crippen LogP contribution is -2.04. The number of ether oxygens (including phenoxy) is 1. The minimum absolute atomic E-state index is 0.0801. The average molecular weight is 207 g/mol. The van der Waals surface area contributed by atoms with Crippen LogP contribution in [0.2, 0.25) is 0 Å². The van der Waals surface area contributed by atoms with Crippen LogP contribution in [0.4, 0.5) is 5.69 Å². The number of hydrogen-bond acceptors (Lipinski definition) is 3. The van der Waals surface area contributed by atoms with E-state index in [0.717, 1.165) is 6.42 Å². The van der Waals surface area contributed by atoms with Crippen LogP contribution in [-0.4, -0.2) is 12.4 Å². The molecule has 82 valence electrons. The molecule has 0 aliphatic heterocycles. The average Bonchev–Trinajstić information content (AvgIpc) is 2.21. The quantitative estimate of drug-likeness (QED) is 0.596. The Bertz CT molecular complexity index is 347. The third-order valence-electron chi connectivity index (χ3n) is 2.11. The zero-order valence-electron chi connectivity index (χ0n) is 9.25. The summed E-state index contributed by atoms with van der Waals surface area (Å²) in [6.45, 7) is 4.47. The number of rotatable bonds is 5. The summed E-state index contributed by atoms with van der Waals surface area (Å²) in [5.41, 5.74) is 6.84. The number of nitrogens with two attached hydrogens (primary N) is 1. The Balaban J connectivity index is 2.94. The molecule has 0 aliphatic carbocycles. The van der Waals surface area contributed by atoms with Gasteiger partial charge in [-0.1, -0.05) is 6.92 Å². The summed E-state index contributed by atoms with van der Waals surface area (Å²) in [6.07, 6.45) is 1.36. The van der Waals surface area contributed by atoms with Gasteiger partial charge in [-0.3, -0.25) is 4.79 Å². The van der Waals surface area contributed by atoms with Gasteiger partial charge in [-0.25, -0.2) is 0 Å². The van der Waals surface area contributed by atoms with Crippen molar-refractivity contribution in [3.8, 4) is 5.75 Å². The second kappa shape index (κ2) is 5.39. The van der Waals surface area contributed by atoms with Crippen LogP contribution in [0.1, 0.15) is 37.0 Å². The van der Waals surface area contributed by atoms with Crippen molar-refractivity contribution >= 4 is 11.5 Å². The lowest BCUT2D eigenvalue weighted by molar-refractivity contribution is 0.0982. The lowest BCUT2D eigenvalue weighted by Gasteiger charge is -2.07. The first-order valence-electron chi connectivity index (χ1n) is 5.24. The molecule has 0 unspecified atom stereocenters. The van der Waals surface area contributed by atoms with Crippen LogP contribution in [0.5, 0.6) is 5.75 Å². The van der Waals surface area contributed by atoms with Crippen molar-refractivity contribution in [2.75, 3.05) is 12.3 Å². The van der Waals surface area contributed by atoms with E-state index in [4.69, 9.17) is 10.5 Å². The van der Waals surface area contributed by atoms with Crippen LogP contribution in [-0.2, 0) is 0 Å². The van der Waals surface area contributed by atoms with Crippen molar-refractivity contribution < 1.29 is 9.53 Å². The smallest absolute Gasteiger partial charge is 0.165 e. The van der Waals surface area contributed by atoms with Gasteiger partial charge in [0.1, 0.15) is 5.75 Å². The van der Waals surface area contributed by atoms with E-state index in [1.165, 1.54) is 0 Å². The summed E-state index contributed by atoms with van der Waals surface area (Å²) in [4.78, 5) is 11.7. The van der Waals surface area contributed by atoms with Crippen molar-refractivity contribution in [2.24, 2.45) is 0 Å². The molecular formula is C12H17NO2. The van der Waals surface area contributed by atoms with Crippen LogP contribution in [0.15, 0.2) is 18.2 Å². The number of nitrogen functional groups attached to an aromatic ring is 1. The molecule has 0 heterocycles. The van der Waals surface area contributed by atoms with Crippen molar-refractivity contribution in [3.63, 3.8) is 0 Å². The van der Waals surface area contributed by atoms with E-state index in [-0.39, 0.29) is 5.78 Å². The van der Waals surface area contributed by atoms with Crippen molar-refractivity contribution in [3.05, 3.63) is 23.8 Å². The zero-order chi connectivity index (χ0) is 11.3. The molecule has 0 spiro atoms. The van der Waals surface area contributed by atoms with E-state index in [2.05, 4.69) is 0 Å². The van der Waals surface area contributed by atoms with Crippen LogP contribution >= 0.6 is 0 Å². The first kappa shape index (κ1) is 11.6. The molecule has 0 amide bonds. The molecule has 3 nitrogen and oxygen atoms in total. The molecule has 0 atom stereocenters. The van der Waals surface area contributed by atoms with E-state index in [0.29, 0.717) is 30.0 Å². The van der Waals surface area contributed by atoms with Gasteiger partial charge >= 0.3 is 0 Å². The number of carbonyl (C=O) groups excluding carboxylic acids is 1. The summed E-state index contributed by atoms with van der Waals surface area (Å²) in [5.74, 6) is 0.780. The summed E-state index contributed by atoms with van der Waals surface area (Å²) in [6, 6.07) is 5.21. The fourth-order valence-electron chi connectivity index (χ4n) is 1.40. The molecule has 1 rings (SSSR count). The molecule has 3 heteroatoms. The van der Waals surface area contributed by atoms with Gasteiger partial charge < -0.3 is 10.5 Å². The van der Waals surface area contributed by atoms with Gasteiger partial charge in [0, 0.05) is 17.7 Å². The van der Waals surface area contributed by atoms with Crippen LogP contribution in [0.25, 0.3) is 0 Å². The molecule has 0 aromatic heterocycles. The van der Waals surface area contributed by atoms with Gasteiger partial charge in [-0.2, -0.15) is 0 Å². The summed E-state index contributed by atoms with van der Waals surface area (Å²) < 4.78 is 5.32. The Labute approximate surface area is 90.2 Å². The van der Waals surface area contributed by atoms with E-state index in [9.17, 15) is 4.79 Å². The summed E-state index contributed by atoms with van der Waals surface area (Å²) >= 11 is 0. The topological polar surface area (TPSA) is 52.3 Å². The maximum Gasteiger partial charge on any atom is 0.165 e. The molecule has 0 saturated carbocycles. The molecule has 0 aliphatic rings. The number of ketones is 1. The van der Waals surface area contributed by atoms with E-state index >= 15 is 0 Å². The SMILES string of the molecule is CCCC(=O)c1cc(OCC)ccc1N. The van der Waals surface area contributed by atoms with E-state index < -0.39 is 0 Å². The molecule has 0 radical (unpaired) electrons. The van der Waals surface area contributed by atoms with Crippen LogP contribution < -0.4 is 10.5 Å². The van der Waals surface area contributed by atoms with Crippen molar-refractivity contribution in [1.29, 1.82) is 0 Å². The Morgan fingerprint density at radius 1 is 1.40 bits per heavy atom. The molecule has 0 bridgehead atoms. The second-order valence-electron chi connectivity index (χ2n) is 3.36. The van der Waals surface area contributed by atoms with E-state index in [1.54, 1.807) is 18.2 Å². The number of benzene rings is 1. The van der Waals surface area contributed by atoms with Crippen molar-refractivity contribution in [1.82, 2.24) is 0 Å². The fraction of sp³-hybridized carbons (Fsp3) is 0.417. The molecule has 2 N–H and O–H groups in total. The Morgan fingerprint density at radius 2 is 2.13 bits per heavy atom. The van der Waals surface area contributed by atoms with Gasteiger partial charge in [-0.15, -0.1) is 0 Å². The number of hydrogen-bond donors (Lipinski definition) is 1. The highest BCUT2D eigenvalue weighted by molar-refractivity contribution is 6.01. The normalized spacial score (nSPS) is 10.0. The molecule has 15 heavy (non-hydrogen) atoms. The first-order valence-corrected chi connectivity index (χ1v) is 5.24. The van der Waals surface area contributed by atoms with Gasteiger partial charge in [0.05, 0.1) is 6.61 Å². The third-order valence-corrected chi connectivity index (χ3v) is 2.11. The van der Waals surface area contributed by atoms with Crippen LogP contribution in [0, 0.1) is 0 Å². The Hall–Kier alpha value is -1.51. The monoisotopic (exact) mass is 207 g/mol. The summed E-state index contributed by atoms with van der Waals surface area (Å²) in [7, 11) is 0. The fourth-order valence-corrected chi connectivity index (χ4v) is 1.40. The van der Waals surface area contributed by atoms with Crippen LogP contribution in [0.3, 0.4) is 0 Å². The highest BCUT2D eigenvalue weighted by atomic mass is 16.5. The summed E-state index contributed by atoms with van der Waals surface area (Å²) in [5, 5.41) is 0.